The van der Waals surface area contributed by atoms with Crippen LogP contribution in [0.4, 0.5) is 30.2 Å². The highest BCUT2D eigenvalue weighted by atomic mass is 35.5. The fourth-order valence-corrected chi connectivity index (χ4v) is 4.28. The molecule has 0 aliphatic carbocycles. The topological polar surface area (TPSA) is 87.0 Å². The van der Waals surface area contributed by atoms with Crippen molar-refractivity contribution in [2.75, 3.05) is 36.0 Å². The third kappa shape index (κ3) is 4.51. The largest absolute Gasteiger partial charge is 0.416 e. The molecule has 0 unspecified atom stereocenters. The lowest BCUT2D eigenvalue weighted by molar-refractivity contribution is -0.384. The minimum Gasteiger partial charge on any atom is -0.363 e. The van der Waals surface area contributed by atoms with Gasteiger partial charge in [-0.3, -0.25) is 24.6 Å². The number of nitrogens with zero attached hydrogens (tertiary/aromatic N) is 4. The Kier molecular flexibility index (Phi) is 6.02. The molecule has 0 spiro atoms. The number of carbonyl (C=O) groups is 2. The van der Waals surface area contributed by atoms with Gasteiger partial charge in [-0.15, -0.1) is 0 Å². The summed E-state index contributed by atoms with van der Waals surface area (Å²) in [6.45, 7) is 1.14. The molecule has 2 heterocycles. The number of anilines is 2. The number of imide groups is 1. The van der Waals surface area contributed by atoms with Crippen molar-refractivity contribution in [1.82, 2.24) is 4.90 Å². The zero-order valence-electron chi connectivity index (χ0n) is 17.1. The molecule has 174 valence electrons. The van der Waals surface area contributed by atoms with E-state index in [4.69, 9.17) is 11.6 Å². The number of alkyl halides is 3. The van der Waals surface area contributed by atoms with Crippen molar-refractivity contribution >= 4 is 40.5 Å². The first kappa shape index (κ1) is 23.0. The van der Waals surface area contributed by atoms with Gasteiger partial charge in [0.05, 0.1) is 28.6 Å². The van der Waals surface area contributed by atoms with Gasteiger partial charge < -0.3 is 4.90 Å². The van der Waals surface area contributed by atoms with Gasteiger partial charge in [-0.05, 0) is 36.4 Å². The van der Waals surface area contributed by atoms with E-state index in [1.165, 1.54) is 0 Å². The Bertz CT molecular complexity index is 1100. The Morgan fingerprint density at radius 2 is 1.64 bits per heavy atom. The SMILES string of the molecule is O=C1C[C@H](N2CCN(c3ccc(C(F)(F)F)cc3[N+](=O)[O-])CC2)C(=O)N1c1ccc(Cl)cc1. The average Bonchev–Trinajstić information content (AvgIpc) is 3.07. The smallest absolute Gasteiger partial charge is 0.363 e. The van der Waals surface area contributed by atoms with E-state index in [9.17, 15) is 32.9 Å². The van der Waals surface area contributed by atoms with Crippen LogP contribution >= 0.6 is 11.6 Å². The van der Waals surface area contributed by atoms with E-state index in [0.717, 1.165) is 17.0 Å². The molecule has 2 saturated heterocycles. The second-order valence-corrected chi connectivity index (χ2v) is 8.18. The summed E-state index contributed by atoms with van der Waals surface area (Å²) in [6.07, 6.45) is -4.69. The standard InChI is InChI=1S/C21H18ClF3N4O4/c22-14-2-4-15(5-3-14)28-19(30)12-18(20(28)31)27-9-7-26(8-10-27)16-6-1-13(21(23,24)25)11-17(16)29(32)33/h1-6,11,18H,7-10,12H2/t18-/m0/s1. The summed E-state index contributed by atoms with van der Waals surface area (Å²) >= 11 is 5.87. The van der Waals surface area contributed by atoms with Crippen LogP contribution in [0.2, 0.25) is 5.02 Å². The van der Waals surface area contributed by atoms with Crippen molar-refractivity contribution in [3.63, 3.8) is 0 Å². The summed E-state index contributed by atoms with van der Waals surface area (Å²) in [5.41, 5.74) is -1.20. The fourth-order valence-electron chi connectivity index (χ4n) is 4.15. The third-order valence-electron chi connectivity index (χ3n) is 5.80. The lowest BCUT2D eigenvalue weighted by Gasteiger charge is -2.37. The predicted octanol–water partition coefficient (Wildman–Crippen LogP) is 3.72. The molecule has 2 amide bonds. The quantitative estimate of drug-likeness (QED) is 0.375. The van der Waals surface area contributed by atoms with Crippen molar-refractivity contribution in [2.45, 2.75) is 18.6 Å². The number of nitro groups is 1. The minimum atomic E-state index is -4.69. The molecule has 0 radical (unpaired) electrons. The van der Waals surface area contributed by atoms with Gasteiger partial charge in [-0.2, -0.15) is 13.2 Å². The number of carbonyl (C=O) groups excluding carboxylic acids is 2. The van der Waals surface area contributed by atoms with Crippen molar-refractivity contribution in [3.8, 4) is 0 Å². The second kappa shape index (κ2) is 8.64. The molecular weight excluding hydrogens is 465 g/mol. The maximum atomic E-state index is 13.0. The number of amides is 2. The van der Waals surface area contributed by atoms with Gasteiger partial charge in [-0.25, -0.2) is 4.90 Å². The number of hydrogen-bond donors (Lipinski definition) is 0. The first-order chi connectivity index (χ1) is 15.6. The molecule has 33 heavy (non-hydrogen) atoms. The molecule has 2 fully saturated rings. The van der Waals surface area contributed by atoms with Gasteiger partial charge in [0.2, 0.25) is 5.91 Å². The zero-order valence-corrected chi connectivity index (χ0v) is 17.8. The van der Waals surface area contributed by atoms with E-state index in [0.29, 0.717) is 29.9 Å². The van der Waals surface area contributed by atoms with Crippen LogP contribution in [0.25, 0.3) is 0 Å². The van der Waals surface area contributed by atoms with Gasteiger partial charge in [0.15, 0.2) is 0 Å². The highest BCUT2D eigenvalue weighted by Gasteiger charge is 2.43. The maximum Gasteiger partial charge on any atom is 0.416 e. The highest BCUT2D eigenvalue weighted by molar-refractivity contribution is 6.30. The van der Waals surface area contributed by atoms with E-state index in [1.807, 2.05) is 4.90 Å². The Balaban J connectivity index is 1.47. The Morgan fingerprint density at radius 1 is 1.00 bits per heavy atom. The molecular formula is C21H18ClF3N4O4. The molecule has 2 aliphatic rings. The van der Waals surface area contributed by atoms with E-state index < -0.39 is 28.4 Å². The number of piperazine rings is 1. The first-order valence-electron chi connectivity index (χ1n) is 10.0. The Hall–Kier alpha value is -3.18. The molecule has 0 bridgehead atoms. The summed E-state index contributed by atoms with van der Waals surface area (Å²) in [7, 11) is 0. The second-order valence-electron chi connectivity index (χ2n) is 7.75. The predicted molar refractivity (Wildman–Crippen MR) is 114 cm³/mol. The van der Waals surface area contributed by atoms with Crippen LogP contribution in [0.5, 0.6) is 0 Å². The summed E-state index contributed by atoms with van der Waals surface area (Å²) in [6, 6.07) is 8.12. The van der Waals surface area contributed by atoms with Crippen molar-refractivity contribution in [3.05, 3.63) is 63.2 Å². The first-order valence-corrected chi connectivity index (χ1v) is 10.4. The van der Waals surface area contributed by atoms with E-state index >= 15 is 0 Å². The van der Waals surface area contributed by atoms with Gasteiger partial charge >= 0.3 is 6.18 Å². The summed E-state index contributed by atoms with van der Waals surface area (Å²) in [4.78, 5) is 40.6. The van der Waals surface area contributed by atoms with Gasteiger partial charge in [0.25, 0.3) is 11.6 Å². The van der Waals surface area contributed by atoms with E-state index in [2.05, 4.69) is 0 Å². The van der Waals surface area contributed by atoms with Gasteiger partial charge in [-0.1, -0.05) is 11.6 Å². The Morgan fingerprint density at radius 3 is 2.21 bits per heavy atom. The van der Waals surface area contributed by atoms with Gasteiger partial charge in [0.1, 0.15) is 5.69 Å². The molecule has 8 nitrogen and oxygen atoms in total. The van der Waals surface area contributed by atoms with Gasteiger partial charge in [0, 0.05) is 37.3 Å². The number of hydrogen-bond acceptors (Lipinski definition) is 6. The van der Waals surface area contributed by atoms with Crippen LogP contribution in [-0.2, 0) is 15.8 Å². The van der Waals surface area contributed by atoms with E-state index in [-0.39, 0.29) is 37.0 Å². The number of halogens is 4. The molecule has 12 heteroatoms. The molecule has 1 atom stereocenters. The molecule has 2 aromatic rings. The highest BCUT2D eigenvalue weighted by Crippen LogP contribution is 2.37. The van der Waals surface area contributed by atoms with Crippen LogP contribution in [0.15, 0.2) is 42.5 Å². The maximum absolute atomic E-state index is 13.0. The van der Waals surface area contributed by atoms with E-state index in [1.54, 1.807) is 29.2 Å². The van der Waals surface area contributed by atoms with Crippen LogP contribution < -0.4 is 9.80 Å². The van der Waals surface area contributed by atoms with Crippen molar-refractivity contribution < 1.29 is 27.7 Å². The van der Waals surface area contributed by atoms with Crippen molar-refractivity contribution in [2.24, 2.45) is 0 Å². The molecule has 0 saturated carbocycles. The Labute approximate surface area is 191 Å². The molecule has 4 rings (SSSR count). The van der Waals surface area contributed by atoms with Crippen molar-refractivity contribution in [1.29, 1.82) is 0 Å². The molecule has 2 aliphatic heterocycles. The molecule has 0 aromatic heterocycles. The minimum absolute atomic E-state index is 0.00187. The lowest BCUT2D eigenvalue weighted by atomic mass is 10.1. The summed E-state index contributed by atoms with van der Waals surface area (Å²) in [5.74, 6) is -0.704. The number of rotatable bonds is 4. The summed E-state index contributed by atoms with van der Waals surface area (Å²) in [5, 5.41) is 11.9. The average molecular weight is 483 g/mol. The normalized spacial score (nSPS) is 19.9. The van der Waals surface area contributed by atoms with Crippen LogP contribution in [0.3, 0.4) is 0 Å². The monoisotopic (exact) mass is 482 g/mol. The summed E-state index contributed by atoms with van der Waals surface area (Å²) < 4.78 is 38.9. The van der Waals surface area contributed by atoms with Crippen LogP contribution in [0.1, 0.15) is 12.0 Å². The van der Waals surface area contributed by atoms with Crippen LogP contribution in [-0.4, -0.2) is 53.9 Å². The fraction of sp³-hybridized carbons (Fsp3) is 0.333. The third-order valence-corrected chi connectivity index (χ3v) is 6.05. The zero-order chi connectivity index (χ0) is 23.9. The number of nitro benzene ring substituents is 1. The molecule has 0 N–H and O–H groups in total. The molecule has 2 aromatic carbocycles. The van der Waals surface area contributed by atoms with Crippen LogP contribution in [0, 0.1) is 10.1 Å². The number of benzene rings is 2. The lowest BCUT2D eigenvalue weighted by Crippen LogP contribution is -2.52.